The first kappa shape index (κ1) is 24.3. The highest BCUT2D eigenvalue weighted by Crippen LogP contribution is 2.39. The lowest BCUT2D eigenvalue weighted by atomic mass is 9.74. The van der Waals surface area contributed by atoms with Gasteiger partial charge in [-0.2, -0.15) is 0 Å². The molecule has 0 radical (unpaired) electrons. The van der Waals surface area contributed by atoms with Gasteiger partial charge in [0, 0.05) is 34.6 Å². The number of rotatable bonds is 6. The molecule has 164 valence electrons. The van der Waals surface area contributed by atoms with Gasteiger partial charge in [0.25, 0.3) is 0 Å². The van der Waals surface area contributed by atoms with Crippen LogP contribution >= 0.6 is 0 Å². The van der Waals surface area contributed by atoms with Crippen molar-refractivity contribution >= 4 is 29.8 Å². The molecule has 1 fully saturated rings. The average molecular weight is 420 g/mol. The van der Waals surface area contributed by atoms with Crippen molar-refractivity contribution in [1.82, 2.24) is 0 Å². The molecule has 0 aromatic rings. The minimum atomic E-state index is -2.58. The van der Waals surface area contributed by atoms with Gasteiger partial charge in [0.2, 0.25) is 0 Å². The summed E-state index contributed by atoms with van der Waals surface area (Å²) in [5.74, 6) is -4.64. The van der Waals surface area contributed by atoms with E-state index in [-0.39, 0.29) is 0 Å². The Morgan fingerprint density at radius 3 is 1.14 bits per heavy atom. The van der Waals surface area contributed by atoms with Gasteiger partial charge in [-0.25, -0.2) is 0 Å². The second-order valence-electron chi connectivity index (χ2n) is 6.43. The van der Waals surface area contributed by atoms with Crippen LogP contribution < -0.4 is 0 Å². The molecule has 0 aromatic carbocycles. The topological polar surface area (TPSA) is 172 Å². The van der Waals surface area contributed by atoms with Crippen molar-refractivity contribution in [3.05, 3.63) is 0 Å². The average Bonchev–Trinajstić information content (AvgIpc) is 2.56. The van der Waals surface area contributed by atoms with Gasteiger partial charge in [-0.1, -0.05) is 0 Å². The molecule has 1 aliphatic rings. The predicted octanol–water partition coefficient (Wildman–Crippen LogP) is -1.62. The number of carbonyl (C=O) groups is 5. The normalized spacial score (nSPS) is 31.2. The zero-order valence-electron chi connectivity index (χ0n) is 16.6. The molecule has 0 amide bonds. The number of carbonyl (C=O) groups excluding carboxylic acids is 5. The summed E-state index contributed by atoms with van der Waals surface area (Å²) >= 11 is 0. The van der Waals surface area contributed by atoms with E-state index in [1.807, 2.05) is 0 Å². The molecule has 1 rings (SSSR count). The van der Waals surface area contributed by atoms with Crippen LogP contribution in [0.25, 0.3) is 0 Å². The van der Waals surface area contributed by atoms with Crippen LogP contribution in [0.4, 0.5) is 0 Å². The van der Waals surface area contributed by atoms with Crippen LogP contribution in [0.3, 0.4) is 0 Å². The maximum absolute atomic E-state index is 11.6. The highest BCUT2D eigenvalue weighted by molar-refractivity contribution is 5.70. The number of esters is 5. The van der Waals surface area contributed by atoms with Gasteiger partial charge in [0.05, 0.1) is 6.61 Å². The number of hydrogen-bond donors (Lipinski definition) is 2. The van der Waals surface area contributed by atoms with Crippen LogP contribution in [-0.2, 0) is 47.7 Å². The Morgan fingerprint density at radius 1 is 0.621 bits per heavy atom. The van der Waals surface area contributed by atoms with E-state index in [0.29, 0.717) is 0 Å². The van der Waals surface area contributed by atoms with E-state index in [0.717, 1.165) is 34.6 Å². The zero-order chi connectivity index (χ0) is 22.5. The maximum Gasteiger partial charge on any atom is 0.303 e. The highest BCUT2D eigenvalue weighted by atomic mass is 16.7. The molecule has 0 saturated heterocycles. The summed E-state index contributed by atoms with van der Waals surface area (Å²) in [6, 6.07) is 0. The van der Waals surface area contributed by atoms with E-state index in [2.05, 4.69) is 0 Å². The van der Waals surface area contributed by atoms with Crippen molar-refractivity contribution < 1.29 is 57.9 Å². The van der Waals surface area contributed by atoms with Crippen LogP contribution in [0, 0.1) is 0 Å². The molecule has 0 spiro atoms. The standard InChI is InChI=1S/C17H24O12/c1-7(19)25-12-13(26-8(2)20)15(28-10(4)22)17(24,6-18)16(29-11(5)23)14(12)27-9(3)21/h12-16,18,24H,6H2,1-5H3. The van der Waals surface area contributed by atoms with E-state index in [1.165, 1.54) is 0 Å². The predicted molar refractivity (Wildman–Crippen MR) is 89.8 cm³/mol. The summed E-state index contributed by atoms with van der Waals surface area (Å²) in [7, 11) is 0. The summed E-state index contributed by atoms with van der Waals surface area (Å²) in [6.07, 6.45) is -8.72. The monoisotopic (exact) mass is 420 g/mol. The maximum atomic E-state index is 11.6. The zero-order valence-corrected chi connectivity index (χ0v) is 16.6. The quantitative estimate of drug-likeness (QED) is 0.372. The first-order valence-corrected chi connectivity index (χ1v) is 8.52. The summed E-state index contributed by atoms with van der Waals surface area (Å²) in [5, 5.41) is 21.0. The third-order valence-corrected chi connectivity index (χ3v) is 3.98. The van der Waals surface area contributed by atoms with Crippen molar-refractivity contribution in [2.24, 2.45) is 0 Å². The lowest BCUT2D eigenvalue weighted by Crippen LogP contribution is -2.75. The molecular weight excluding hydrogens is 396 g/mol. The summed E-state index contributed by atoms with van der Waals surface area (Å²) in [6.45, 7) is 3.78. The molecule has 1 saturated carbocycles. The van der Waals surface area contributed by atoms with Crippen LogP contribution in [0.15, 0.2) is 0 Å². The summed E-state index contributed by atoms with van der Waals surface area (Å²) < 4.78 is 25.4. The van der Waals surface area contributed by atoms with Crippen LogP contribution in [-0.4, -0.2) is 82.8 Å². The highest BCUT2D eigenvalue weighted by Gasteiger charge is 2.66. The fourth-order valence-electron chi connectivity index (χ4n) is 3.10. The smallest absolute Gasteiger partial charge is 0.303 e. The Hall–Kier alpha value is -2.73. The first-order valence-electron chi connectivity index (χ1n) is 8.52. The number of hydrogen-bond acceptors (Lipinski definition) is 12. The minimum absolute atomic E-state index is 0.901. The van der Waals surface area contributed by atoms with Crippen molar-refractivity contribution in [1.29, 1.82) is 0 Å². The molecule has 0 aromatic heterocycles. The third kappa shape index (κ3) is 5.87. The SMILES string of the molecule is CC(=O)OC1C(OC(C)=O)C(OC(C)=O)C(O)(CO)C(OC(C)=O)C1OC(C)=O. The van der Waals surface area contributed by atoms with Gasteiger partial charge >= 0.3 is 29.8 Å². The number of aliphatic hydroxyl groups excluding tert-OH is 1. The van der Waals surface area contributed by atoms with Crippen LogP contribution in [0.1, 0.15) is 34.6 Å². The Balaban J connectivity index is 3.69. The van der Waals surface area contributed by atoms with Gasteiger partial charge in [0.15, 0.2) is 36.1 Å². The molecule has 0 aliphatic heterocycles. The van der Waals surface area contributed by atoms with Crippen molar-refractivity contribution in [2.45, 2.75) is 70.7 Å². The minimum Gasteiger partial charge on any atom is -0.455 e. The van der Waals surface area contributed by atoms with Crippen molar-refractivity contribution in [3.8, 4) is 0 Å². The molecule has 29 heavy (non-hydrogen) atoms. The number of aliphatic hydroxyl groups is 2. The van der Waals surface area contributed by atoms with E-state index in [4.69, 9.17) is 23.7 Å². The molecule has 12 nitrogen and oxygen atoms in total. The van der Waals surface area contributed by atoms with E-state index < -0.39 is 72.6 Å². The second-order valence-corrected chi connectivity index (χ2v) is 6.43. The first-order chi connectivity index (χ1) is 13.3. The summed E-state index contributed by atoms with van der Waals surface area (Å²) in [5.41, 5.74) is -2.58. The molecule has 12 heteroatoms. The van der Waals surface area contributed by atoms with E-state index in [9.17, 15) is 34.2 Å². The van der Waals surface area contributed by atoms with Gasteiger partial charge in [-0.15, -0.1) is 0 Å². The fraction of sp³-hybridized carbons (Fsp3) is 0.706. The largest absolute Gasteiger partial charge is 0.455 e. The van der Waals surface area contributed by atoms with Crippen molar-refractivity contribution in [3.63, 3.8) is 0 Å². The lowest BCUT2D eigenvalue weighted by molar-refractivity contribution is -0.292. The van der Waals surface area contributed by atoms with Crippen molar-refractivity contribution in [2.75, 3.05) is 6.61 Å². The van der Waals surface area contributed by atoms with Crippen LogP contribution in [0.2, 0.25) is 0 Å². The van der Waals surface area contributed by atoms with Crippen LogP contribution in [0.5, 0.6) is 0 Å². The van der Waals surface area contributed by atoms with Gasteiger partial charge in [-0.3, -0.25) is 24.0 Å². The Bertz CT molecular complexity index is 627. The molecule has 1 aliphatic carbocycles. The third-order valence-electron chi connectivity index (χ3n) is 3.98. The Morgan fingerprint density at radius 2 is 0.897 bits per heavy atom. The molecule has 4 atom stereocenters. The lowest BCUT2D eigenvalue weighted by Gasteiger charge is -2.51. The molecule has 4 unspecified atom stereocenters. The van der Waals surface area contributed by atoms with E-state index in [1.54, 1.807) is 0 Å². The molecule has 2 N–H and O–H groups in total. The second kappa shape index (κ2) is 9.65. The Kier molecular flexibility index (Phi) is 8.09. The summed E-state index contributed by atoms with van der Waals surface area (Å²) in [4.78, 5) is 58.1. The van der Waals surface area contributed by atoms with Gasteiger partial charge < -0.3 is 33.9 Å². The molecule has 0 heterocycles. The van der Waals surface area contributed by atoms with Gasteiger partial charge in [0.1, 0.15) is 0 Å². The fourth-order valence-corrected chi connectivity index (χ4v) is 3.10. The molecule has 0 bridgehead atoms. The molecular formula is C17H24O12. The van der Waals surface area contributed by atoms with E-state index >= 15 is 0 Å². The number of ether oxygens (including phenoxy) is 5. The van der Waals surface area contributed by atoms with Gasteiger partial charge in [-0.05, 0) is 0 Å². The Labute approximate surface area is 166 Å².